The standard InChI is InChI=1S/C13H23NO3/c1-10(7-13(15)16)11-3-2-5-14(8-11)12-4-6-17-9-12/h10-12H,2-9H2,1H3,(H,15,16). The normalized spacial score (nSPS) is 32.5. The molecule has 2 rings (SSSR count). The van der Waals surface area contributed by atoms with Crippen LogP contribution in [0.25, 0.3) is 0 Å². The molecule has 0 radical (unpaired) electrons. The Morgan fingerprint density at radius 2 is 2.35 bits per heavy atom. The van der Waals surface area contributed by atoms with Crippen LogP contribution in [0.1, 0.15) is 32.6 Å². The third-order valence-electron chi connectivity index (χ3n) is 4.21. The highest BCUT2D eigenvalue weighted by Crippen LogP contribution is 2.28. The minimum absolute atomic E-state index is 0.289. The maximum atomic E-state index is 10.8. The number of likely N-dealkylation sites (tertiary alicyclic amines) is 1. The first kappa shape index (κ1) is 12.8. The van der Waals surface area contributed by atoms with Crippen molar-refractivity contribution in [1.82, 2.24) is 4.90 Å². The van der Waals surface area contributed by atoms with Crippen LogP contribution in [0.15, 0.2) is 0 Å². The first-order valence-corrected chi connectivity index (χ1v) is 6.70. The van der Waals surface area contributed by atoms with E-state index < -0.39 is 5.97 Å². The van der Waals surface area contributed by atoms with Crippen LogP contribution in [0.4, 0.5) is 0 Å². The molecule has 2 heterocycles. The van der Waals surface area contributed by atoms with Crippen LogP contribution in [0.2, 0.25) is 0 Å². The van der Waals surface area contributed by atoms with Gasteiger partial charge in [0.15, 0.2) is 0 Å². The zero-order valence-corrected chi connectivity index (χ0v) is 10.6. The summed E-state index contributed by atoms with van der Waals surface area (Å²) in [5.74, 6) is 0.164. The lowest BCUT2D eigenvalue weighted by Gasteiger charge is -2.38. The summed E-state index contributed by atoms with van der Waals surface area (Å²) in [6.45, 7) is 6.04. The number of nitrogens with zero attached hydrogens (tertiary/aromatic N) is 1. The number of carbonyl (C=O) groups is 1. The van der Waals surface area contributed by atoms with Crippen molar-refractivity contribution in [1.29, 1.82) is 0 Å². The molecule has 0 amide bonds. The first-order valence-electron chi connectivity index (χ1n) is 6.70. The number of carboxylic acid groups (broad SMARTS) is 1. The summed E-state index contributed by atoms with van der Waals surface area (Å²) in [6, 6.07) is 0.579. The summed E-state index contributed by atoms with van der Waals surface area (Å²) in [4.78, 5) is 13.3. The summed E-state index contributed by atoms with van der Waals surface area (Å²) in [7, 11) is 0. The number of rotatable bonds is 4. The van der Waals surface area contributed by atoms with Gasteiger partial charge in [0.2, 0.25) is 0 Å². The second-order valence-corrected chi connectivity index (χ2v) is 5.49. The smallest absolute Gasteiger partial charge is 0.303 e. The number of aliphatic carboxylic acids is 1. The van der Waals surface area contributed by atoms with Gasteiger partial charge in [-0.3, -0.25) is 9.69 Å². The van der Waals surface area contributed by atoms with E-state index in [2.05, 4.69) is 11.8 Å². The maximum absolute atomic E-state index is 10.8. The molecule has 3 atom stereocenters. The summed E-state index contributed by atoms with van der Waals surface area (Å²) < 4.78 is 5.43. The number of hydrogen-bond donors (Lipinski definition) is 1. The highest BCUT2D eigenvalue weighted by molar-refractivity contribution is 5.67. The molecular formula is C13H23NO3. The Labute approximate surface area is 103 Å². The molecule has 0 aromatic heterocycles. The van der Waals surface area contributed by atoms with Crippen molar-refractivity contribution >= 4 is 5.97 Å². The monoisotopic (exact) mass is 241 g/mol. The van der Waals surface area contributed by atoms with Crippen LogP contribution in [0.5, 0.6) is 0 Å². The van der Waals surface area contributed by atoms with Gasteiger partial charge in [0.05, 0.1) is 6.61 Å². The summed E-state index contributed by atoms with van der Waals surface area (Å²) >= 11 is 0. The maximum Gasteiger partial charge on any atom is 0.303 e. The van der Waals surface area contributed by atoms with E-state index in [1.165, 1.54) is 12.8 Å². The van der Waals surface area contributed by atoms with Crippen LogP contribution in [-0.2, 0) is 9.53 Å². The first-order chi connectivity index (χ1) is 8.16. The number of carboxylic acids is 1. The predicted molar refractivity (Wildman–Crippen MR) is 64.9 cm³/mol. The van der Waals surface area contributed by atoms with E-state index in [1.807, 2.05) is 0 Å². The Balaban J connectivity index is 1.85. The van der Waals surface area contributed by atoms with Gasteiger partial charge in [-0.2, -0.15) is 0 Å². The quantitative estimate of drug-likeness (QED) is 0.812. The SMILES string of the molecule is CC(CC(=O)O)C1CCCN(C2CCOC2)C1. The number of piperidine rings is 1. The van der Waals surface area contributed by atoms with Crippen LogP contribution in [0.3, 0.4) is 0 Å². The Bertz CT molecular complexity index is 263. The van der Waals surface area contributed by atoms with Crippen LogP contribution in [0, 0.1) is 11.8 Å². The topological polar surface area (TPSA) is 49.8 Å². The van der Waals surface area contributed by atoms with Gasteiger partial charge in [0.1, 0.15) is 0 Å². The molecule has 0 bridgehead atoms. The average Bonchev–Trinajstić information content (AvgIpc) is 2.82. The highest BCUT2D eigenvalue weighted by atomic mass is 16.5. The lowest BCUT2D eigenvalue weighted by Crippen LogP contribution is -2.44. The Morgan fingerprint density at radius 1 is 1.53 bits per heavy atom. The second-order valence-electron chi connectivity index (χ2n) is 5.49. The molecule has 0 spiro atoms. The van der Waals surface area contributed by atoms with Crippen molar-refractivity contribution in [3.63, 3.8) is 0 Å². The summed E-state index contributed by atoms with van der Waals surface area (Å²) in [6.07, 6.45) is 3.82. The molecular weight excluding hydrogens is 218 g/mol. The fraction of sp³-hybridized carbons (Fsp3) is 0.923. The van der Waals surface area contributed by atoms with E-state index in [9.17, 15) is 4.79 Å². The van der Waals surface area contributed by atoms with E-state index >= 15 is 0 Å². The van der Waals surface area contributed by atoms with E-state index in [4.69, 9.17) is 9.84 Å². The lowest BCUT2D eigenvalue weighted by atomic mass is 9.84. The van der Waals surface area contributed by atoms with Gasteiger partial charge in [0, 0.05) is 25.6 Å². The van der Waals surface area contributed by atoms with Crippen LogP contribution < -0.4 is 0 Å². The molecule has 98 valence electrons. The molecule has 4 nitrogen and oxygen atoms in total. The highest BCUT2D eigenvalue weighted by Gasteiger charge is 2.31. The van der Waals surface area contributed by atoms with Gasteiger partial charge in [-0.1, -0.05) is 6.92 Å². The second kappa shape index (κ2) is 5.83. The average molecular weight is 241 g/mol. The van der Waals surface area contributed by atoms with Gasteiger partial charge in [0.25, 0.3) is 0 Å². The molecule has 0 aromatic carbocycles. The van der Waals surface area contributed by atoms with Gasteiger partial charge in [-0.05, 0) is 37.6 Å². The van der Waals surface area contributed by atoms with Crippen molar-refractivity contribution in [3.8, 4) is 0 Å². The molecule has 4 heteroatoms. The Hall–Kier alpha value is -0.610. The van der Waals surface area contributed by atoms with Gasteiger partial charge in [-0.25, -0.2) is 0 Å². The van der Waals surface area contributed by atoms with Gasteiger partial charge >= 0.3 is 5.97 Å². The van der Waals surface area contributed by atoms with E-state index in [-0.39, 0.29) is 5.92 Å². The summed E-state index contributed by atoms with van der Waals surface area (Å²) in [5.41, 5.74) is 0. The van der Waals surface area contributed by atoms with Crippen LogP contribution >= 0.6 is 0 Å². The van der Waals surface area contributed by atoms with Crippen molar-refractivity contribution in [2.75, 3.05) is 26.3 Å². The van der Waals surface area contributed by atoms with Crippen LogP contribution in [-0.4, -0.2) is 48.3 Å². The number of hydrogen-bond acceptors (Lipinski definition) is 3. The molecule has 2 saturated heterocycles. The minimum atomic E-state index is -0.668. The van der Waals surface area contributed by atoms with Gasteiger partial charge < -0.3 is 9.84 Å². The van der Waals surface area contributed by atoms with E-state index in [1.54, 1.807) is 0 Å². The zero-order chi connectivity index (χ0) is 12.3. The zero-order valence-electron chi connectivity index (χ0n) is 10.6. The molecule has 2 aliphatic rings. The molecule has 17 heavy (non-hydrogen) atoms. The molecule has 2 fully saturated rings. The molecule has 0 aliphatic carbocycles. The lowest BCUT2D eigenvalue weighted by molar-refractivity contribution is -0.138. The fourth-order valence-corrected chi connectivity index (χ4v) is 3.09. The molecule has 2 aliphatic heterocycles. The molecule has 0 saturated carbocycles. The van der Waals surface area contributed by atoms with Crippen molar-refractivity contribution < 1.29 is 14.6 Å². The van der Waals surface area contributed by atoms with E-state index in [0.717, 1.165) is 32.7 Å². The number of ether oxygens (including phenoxy) is 1. The fourth-order valence-electron chi connectivity index (χ4n) is 3.09. The van der Waals surface area contributed by atoms with E-state index in [0.29, 0.717) is 18.4 Å². The summed E-state index contributed by atoms with van der Waals surface area (Å²) in [5, 5.41) is 8.86. The largest absolute Gasteiger partial charge is 0.481 e. The Morgan fingerprint density at radius 3 is 3.00 bits per heavy atom. The van der Waals surface area contributed by atoms with Gasteiger partial charge in [-0.15, -0.1) is 0 Å². The predicted octanol–water partition coefficient (Wildman–Crippen LogP) is 1.60. The van der Waals surface area contributed by atoms with Crippen molar-refractivity contribution in [2.45, 2.75) is 38.6 Å². The third kappa shape index (κ3) is 3.42. The third-order valence-corrected chi connectivity index (χ3v) is 4.21. The minimum Gasteiger partial charge on any atom is -0.481 e. The molecule has 0 aromatic rings. The Kier molecular flexibility index (Phi) is 4.40. The van der Waals surface area contributed by atoms with Crippen molar-refractivity contribution in [2.24, 2.45) is 11.8 Å². The molecule has 3 unspecified atom stereocenters. The van der Waals surface area contributed by atoms with Crippen molar-refractivity contribution in [3.05, 3.63) is 0 Å². The molecule has 1 N–H and O–H groups in total.